The number of halogens is 2. The van der Waals surface area contributed by atoms with Gasteiger partial charge in [-0.2, -0.15) is 0 Å². The topological polar surface area (TPSA) is 35.2 Å². The van der Waals surface area contributed by atoms with Gasteiger partial charge in [-0.15, -0.1) is 0 Å². The highest BCUT2D eigenvalue weighted by Gasteiger charge is 2.13. The highest BCUT2D eigenvalue weighted by Crippen LogP contribution is 2.32. The van der Waals surface area contributed by atoms with Gasteiger partial charge in [0, 0.05) is 16.6 Å². The largest absolute Gasteiger partial charge is 0.493 e. The van der Waals surface area contributed by atoms with E-state index < -0.39 is 0 Å². The van der Waals surface area contributed by atoms with Gasteiger partial charge in [-0.05, 0) is 18.6 Å². The van der Waals surface area contributed by atoms with E-state index in [-0.39, 0.29) is 18.1 Å². The summed E-state index contributed by atoms with van der Waals surface area (Å²) < 4.78 is 19.0. The molecule has 72 valence electrons. The quantitative estimate of drug-likeness (QED) is 0.871. The van der Waals surface area contributed by atoms with Crippen LogP contribution in [-0.2, 0) is 6.54 Å². The fourth-order valence-corrected chi connectivity index (χ4v) is 1.66. The molecule has 0 amide bonds. The van der Waals surface area contributed by atoms with E-state index in [0.29, 0.717) is 5.56 Å². The maximum Gasteiger partial charge on any atom is 0.165 e. The monoisotopic (exact) mass is 247 g/mol. The van der Waals surface area contributed by atoms with Crippen LogP contribution in [0.2, 0.25) is 0 Å². The summed E-state index contributed by atoms with van der Waals surface area (Å²) in [5.74, 6) is -0.149. The molecule has 0 aliphatic rings. The summed E-state index contributed by atoms with van der Waals surface area (Å²) in [4.78, 5) is 0. The van der Waals surface area contributed by atoms with Gasteiger partial charge in [-0.25, -0.2) is 4.39 Å². The molecule has 0 saturated carbocycles. The molecule has 4 heteroatoms. The number of rotatable bonds is 2. The van der Waals surface area contributed by atoms with Crippen LogP contribution in [0.5, 0.6) is 5.75 Å². The van der Waals surface area contributed by atoms with Crippen molar-refractivity contribution in [1.29, 1.82) is 0 Å². The molecule has 0 bridgehead atoms. The molecule has 0 fully saturated rings. The van der Waals surface area contributed by atoms with Crippen LogP contribution in [0.3, 0.4) is 0 Å². The minimum absolute atomic E-state index is 0.222. The highest BCUT2D eigenvalue weighted by atomic mass is 79.9. The SMILES string of the molecule is COc1c(F)cc(C)c(Br)c1CN. The fourth-order valence-electron chi connectivity index (χ4n) is 1.20. The van der Waals surface area contributed by atoms with Gasteiger partial charge < -0.3 is 10.5 Å². The van der Waals surface area contributed by atoms with Crippen molar-refractivity contribution in [3.63, 3.8) is 0 Å². The second-order valence-corrected chi connectivity index (χ2v) is 3.50. The lowest BCUT2D eigenvalue weighted by atomic mass is 10.1. The predicted octanol–water partition coefficient (Wildman–Crippen LogP) is 2.36. The third-order valence-electron chi connectivity index (χ3n) is 1.85. The Morgan fingerprint density at radius 1 is 1.62 bits per heavy atom. The molecule has 0 aliphatic heterocycles. The highest BCUT2D eigenvalue weighted by molar-refractivity contribution is 9.10. The zero-order chi connectivity index (χ0) is 10.0. The van der Waals surface area contributed by atoms with Crippen molar-refractivity contribution in [2.45, 2.75) is 13.5 Å². The van der Waals surface area contributed by atoms with E-state index in [0.717, 1.165) is 10.0 Å². The normalized spacial score (nSPS) is 10.2. The molecule has 0 aliphatic carbocycles. The van der Waals surface area contributed by atoms with Crippen molar-refractivity contribution in [3.05, 3.63) is 27.5 Å². The molecule has 0 heterocycles. The van der Waals surface area contributed by atoms with Crippen LogP contribution >= 0.6 is 15.9 Å². The zero-order valence-corrected chi connectivity index (χ0v) is 9.11. The van der Waals surface area contributed by atoms with Gasteiger partial charge >= 0.3 is 0 Å². The number of ether oxygens (including phenoxy) is 1. The average molecular weight is 248 g/mol. The number of benzene rings is 1. The Kier molecular flexibility index (Phi) is 3.27. The molecule has 0 radical (unpaired) electrons. The molecule has 13 heavy (non-hydrogen) atoms. The van der Waals surface area contributed by atoms with Crippen molar-refractivity contribution in [1.82, 2.24) is 0 Å². The van der Waals surface area contributed by atoms with E-state index >= 15 is 0 Å². The Morgan fingerprint density at radius 3 is 2.69 bits per heavy atom. The van der Waals surface area contributed by atoms with E-state index in [4.69, 9.17) is 10.5 Å². The summed E-state index contributed by atoms with van der Waals surface area (Å²) in [6.45, 7) is 2.06. The van der Waals surface area contributed by atoms with Crippen molar-refractivity contribution in [2.24, 2.45) is 5.73 Å². The number of hydrogen-bond donors (Lipinski definition) is 1. The van der Waals surface area contributed by atoms with Crippen LogP contribution in [0.15, 0.2) is 10.5 Å². The minimum atomic E-state index is -0.372. The lowest BCUT2D eigenvalue weighted by molar-refractivity contribution is 0.381. The van der Waals surface area contributed by atoms with Crippen molar-refractivity contribution >= 4 is 15.9 Å². The van der Waals surface area contributed by atoms with E-state index in [2.05, 4.69) is 15.9 Å². The number of methoxy groups -OCH3 is 1. The van der Waals surface area contributed by atoms with Gasteiger partial charge in [0.2, 0.25) is 0 Å². The van der Waals surface area contributed by atoms with Crippen molar-refractivity contribution in [2.75, 3.05) is 7.11 Å². The van der Waals surface area contributed by atoms with Gasteiger partial charge in [-0.1, -0.05) is 15.9 Å². The second kappa shape index (κ2) is 4.07. The van der Waals surface area contributed by atoms with Crippen LogP contribution in [-0.4, -0.2) is 7.11 Å². The smallest absolute Gasteiger partial charge is 0.165 e. The Morgan fingerprint density at radius 2 is 2.23 bits per heavy atom. The fraction of sp³-hybridized carbons (Fsp3) is 0.333. The van der Waals surface area contributed by atoms with Crippen LogP contribution < -0.4 is 10.5 Å². The third-order valence-corrected chi connectivity index (χ3v) is 2.96. The van der Waals surface area contributed by atoms with Crippen LogP contribution in [0.1, 0.15) is 11.1 Å². The maximum atomic E-state index is 13.3. The lowest BCUT2D eigenvalue weighted by Gasteiger charge is -2.11. The standard InChI is InChI=1S/C9H11BrFNO/c1-5-3-7(11)9(13-2)6(4-12)8(5)10/h3H,4,12H2,1-2H3. The van der Waals surface area contributed by atoms with E-state index in [1.165, 1.54) is 13.2 Å². The van der Waals surface area contributed by atoms with Gasteiger partial charge in [-0.3, -0.25) is 0 Å². The zero-order valence-electron chi connectivity index (χ0n) is 7.53. The second-order valence-electron chi connectivity index (χ2n) is 2.71. The minimum Gasteiger partial charge on any atom is -0.493 e. The molecular weight excluding hydrogens is 237 g/mol. The molecule has 0 unspecified atom stereocenters. The molecule has 0 atom stereocenters. The Balaban J connectivity index is 3.41. The molecule has 1 rings (SSSR count). The van der Waals surface area contributed by atoms with E-state index in [9.17, 15) is 4.39 Å². The molecular formula is C9H11BrFNO. The molecule has 2 nitrogen and oxygen atoms in total. The Hall–Kier alpha value is -0.610. The lowest BCUT2D eigenvalue weighted by Crippen LogP contribution is -2.04. The summed E-state index contributed by atoms with van der Waals surface area (Å²) >= 11 is 3.34. The van der Waals surface area contributed by atoms with Gasteiger partial charge in [0.05, 0.1) is 7.11 Å². The first-order valence-electron chi connectivity index (χ1n) is 3.83. The van der Waals surface area contributed by atoms with Crippen molar-refractivity contribution < 1.29 is 9.13 Å². The Labute approximate surface area is 85.0 Å². The first-order chi connectivity index (χ1) is 6.11. The summed E-state index contributed by atoms with van der Waals surface area (Å²) in [6.07, 6.45) is 0. The Bertz CT molecular complexity index is 328. The van der Waals surface area contributed by atoms with E-state index in [1.807, 2.05) is 6.92 Å². The summed E-state index contributed by atoms with van der Waals surface area (Å²) in [5, 5.41) is 0. The summed E-state index contributed by atoms with van der Waals surface area (Å²) in [6, 6.07) is 1.42. The van der Waals surface area contributed by atoms with Crippen LogP contribution in [0.25, 0.3) is 0 Å². The summed E-state index contributed by atoms with van der Waals surface area (Å²) in [5.41, 5.74) is 6.97. The van der Waals surface area contributed by atoms with E-state index in [1.54, 1.807) is 0 Å². The molecule has 1 aromatic rings. The molecule has 2 N–H and O–H groups in total. The van der Waals surface area contributed by atoms with Crippen LogP contribution in [0, 0.1) is 12.7 Å². The average Bonchev–Trinajstić information content (AvgIpc) is 2.10. The summed E-state index contributed by atoms with van der Waals surface area (Å²) in [7, 11) is 1.43. The number of hydrogen-bond acceptors (Lipinski definition) is 2. The number of nitrogens with two attached hydrogens (primary N) is 1. The molecule has 1 aromatic carbocycles. The van der Waals surface area contributed by atoms with Crippen molar-refractivity contribution in [3.8, 4) is 5.75 Å². The van der Waals surface area contributed by atoms with Gasteiger partial charge in [0.25, 0.3) is 0 Å². The number of aryl methyl sites for hydroxylation is 1. The first kappa shape index (κ1) is 10.5. The maximum absolute atomic E-state index is 13.3. The third kappa shape index (κ3) is 1.84. The van der Waals surface area contributed by atoms with Crippen LogP contribution in [0.4, 0.5) is 4.39 Å². The first-order valence-corrected chi connectivity index (χ1v) is 4.62. The molecule has 0 aromatic heterocycles. The predicted molar refractivity (Wildman–Crippen MR) is 53.3 cm³/mol. The molecule has 0 spiro atoms. The molecule has 0 saturated heterocycles. The van der Waals surface area contributed by atoms with Gasteiger partial charge in [0.1, 0.15) is 0 Å². The van der Waals surface area contributed by atoms with Gasteiger partial charge in [0.15, 0.2) is 11.6 Å².